The lowest BCUT2D eigenvalue weighted by Crippen LogP contribution is -2.33. The van der Waals surface area contributed by atoms with Crippen molar-refractivity contribution in [3.05, 3.63) is 28.5 Å². The van der Waals surface area contributed by atoms with Crippen molar-refractivity contribution in [3.8, 4) is 0 Å². The number of nitrogens with zero attached hydrogens (tertiary/aromatic N) is 3. The minimum absolute atomic E-state index is 0.0397. The van der Waals surface area contributed by atoms with Gasteiger partial charge in [0.05, 0.1) is 0 Å². The van der Waals surface area contributed by atoms with E-state index in [2.05, 4.69) is 16.8 Å². The number of aromatic nitrogens is 1. The second-order valence-corrected chi connectivity index (χ2v) is 5.85. The summed E-state index contributed by atoms with van der Waals surface area (Å²) in [4.78, 5) is 20.8. The molecule has 1 aromatic heterocycles. The first-order chi connectivity index (χ1) is 9.97. The molecule has 0 bridgehead atoms. The predicted molar refractivity (Wildman–Crippen MR) is 88.0 cm³/mol. The number of carbonyl (C=O) groups is 1. The van der Waals surface area contributed by atoms with Crippen LogP contribution in [0.15, 0.2) is 12.1 Å². The van der Waals surface area contributed by atoms with Crippen molar-refractivity contribution >= 4 is 17.5 Å². The zero-order chi connectivity index (χ0) is 15.8. The van der Waals surface area contributed by atoms with E-state index in [0.29, 0.717) is 17.3 Å². The van der Waals surface area contributed by atoms with Crippen molar-refractivity contribution < 1.29 is 4.79 Å². The van der Waals surface area contributed by atoms with Gasteiger partial charge in [-0.3, -0.25) is 4.79 Å². The highest BCUT2D eigenvalue weighted by atomic mass is 35.5. The van der Waals surface area contributed by atoms with Crippen LogP contribution in [0.25, 0.3) is 0 Å². The highest BCUT2D eigenvalue weighted by Gasteiger charge is 2.15. The van der Waals surface area contributed by atoms with Crippen LogP contribution in [0, 0.1) is 0 Å². The number of hydrogen-bond acceptors (Lipinski definition) is 3. The van der Waals surface area contributed by atoms with Crippen LogP contribution in [0.3, 0.4) is 0 Å². The Bertz CT molecular complexity index is 463. The number of rotatable bonds is 8. The van der Waals surface area contributed by atoms with Crippen molar-refractivity contribution in [3.63, 3.8) is 0 Å². The van der Waals surface area contributed by atoms with Crippen LogP contribution in [-0.4, -0.2) is 54.4 Å². The molecule has 1 heterocycles. The molecular formula is C16H26ClN3O. The molecule has 21 heavy (non-hydrogen) atoms. The molecule has 0 N–H and O–H groups in total. The Labute approximate surface area is 133 Å². The highest BCUT2D eigenvalue weighted by molar-refractivity contribution is 6.29. The Hall–Kier alpha value is -1.13. The van der Waals surface area contributed by atoms with Gasteiger partial charge in [0.2, 0.25) is 0 Å². The second-order valence-electron chi connectivity index (χ2n) is 5.46. The van der Waals surface area contributed by atoms with Gasteiger partial charge in [0.1, 0.15) is 5.15 Å². The van der Waals surface area contributed by atoms with Crippen molar-refractivity contribution in [2.75, 3.05) is 33.7 Å². The summed E-state index contributed by atoms with van der Waals surface area (Å²) in [5.41, 5.74) is 1.53. The first kappa shape index (κ1) is 17.9. The van der Waals surface area contributed by atoms with Gasteiger partial charge >= 0.3 is 0 Å². The van der Waals surface area contributed by atoms with Gasteiger partial charge in [-0.15, -0.1) is 0 Å². The fraction of sp³-hybridized carbons (Fsp3) is 0.625. The molecule has 4 nitrogen and oxygen atoms in total. The van der Waals surface area contributed by atoms with Crippen LogP contribution in [-0.2, 0) is 6.42 Å². The van der Waals surface area contributed by atoms with E-state index in [4.69, 9.17) is 11.6 Å². The number of pyridine rings is 1. The van der Waals surface area contributed by atoms with Crippen molar-refractivity contribution in [1.29, 1.82) is 0 Å². The van der Waals surface area contributed by atoms with Gasteiger partial charge in [-0.25, -0.2) is 4.98 Å². The lowest BCUT2D eigenvalue weighted by atomic mass is 10.1. The summed E-state index contributed by atoms with van der Waals surface area (Å²) < 4.78 is 0. The van der Waals surface area contributed by atoms with E-state index in [1.165, 1.54) is 0 Å². The van der Waals surface area contributed by atoms with Crippen LogP contribution in [0.2, 0.25) is 5.15 Å². The maximum Gasteiger partial charge on any atom is 0.254 e. The number of carbonyl (C=O) groups excluding carboxylic acids is 1. The molecule has 0 aromatic carbocycles. The van der Waals surface area contributed by atoms with Gasteiger partial charge in [-0.05, 0) is 52.5 Å². The van der Waals surface area contributed by atoms with Gasteiger partial charge in [-0.2, -0.15) is 0 Å². The first-order valence-electron chi connectivity index (χ1n) is 7.58. The molecule has 1 rings (SSSR count). The quantitative estimate of drug-likeness (QED) is 0.692. The maximum absolute atomic E-state index is 12.6. The minimum Gasteiger partial charge on any atom is -0.339 e. The Morgan fingerprint density at radius 1 is 1.24 bits per heavy atom. The summed E-state index contributed by atoms with van der Waals surface area (Å²) in [5, 5.41) is 0.397. The second kappa shape index (κ2) is 9.00. The Morgan fingerprint density at radius 3 is 2.52 bits per heavy atom. The van der Waals surface area contributed by atoms with Crippen molar-refractivity contribution in [2.45, 2.75) is 33.1 Å². The molecule has 0 atom stereocenters. The average molecular weight is 312 g/mol. The maximum atomic E-state index is 12.6. The number of hydrogen-bond donors (Lipinski definition) is 0. The standard InChI is InChI=1S/C16H26ClN3O/c1-5-8-14-11-13(12-15(17)18-14)16(21)20(6-2)10-7-9-19(3)4/h11-12H,5-10H2,1-4H3. The zero-order valence-electron chi connectivity index (χ0n) is 13.5. The summed E-state index contributed by atoms with van der Waals surface area (Å²) in [7, 11) is 4.08. The molecule has 0 aliphatic heterocycles. The third-order valence-corrected chi connectivity index (χ3v) is 3.50. The first-order valence-corrected chi connectivity index (χ1v) is 7.96. The third kappa shape index (κ3) is 6.02. The molecular weight excluding hydrogens is 286 g/mol. The number of aryl methyl sites for hydroxylation is 1. The van der Waals surface area contributed by atoms with E-state index in [0.717, 1.165) is 38.0 Å². The van der Waals surface area contributed by atoms with E-state index in [1.54, 1.807) is 6.07 Å². The molecule has 1 amide bonds. The molecule has 118 valence electrons. The molecule has 0 unspecified atom stereocenters. The smallest absolute Gasteiger partial charge is 0.254 e. The fourth-order valence-corrected chi connectivity index (χ4v) is 2.45. The summed E-state index contributed by atoms with van der Waals surface area (Å²) in [6.45, 7) is 6.53. The van der Waals surface area contributed by atoms with E-state index in [1.807, 2.05) is 32.0 Å². The fourth-order valence-electron chi connectivity index (χ4n) is 2.22. The zero-order valence-corrected chi connectivity index (χ0v) is 14.3. The van der Waals surface area contributed by atoms with E-state index < -0.39 is 0 Å². The summed E-state index contributed by atoms with van der Waals surface area (Å²) in [5.74, 6) is 0.0397. The van der Waals surface area contributed by atoms with Crippen LogP contribution in [0.4, 0.5) is 0 Å². The van der Waals surface area contributed by atoms with Gasteiger partial charge in [0.25, 0.3) is 5.91 Å². The van der Waals surface area contributed by atoms with Crippen molar-refractivity contribution in [2.24, 2.45) is 0 Å². The molecule has 0 aliphatic carbocycles. The van der Waals surface area contributed by atoms with E-state index in [9.17, 15) is 4.79 Å². The van der Waals surface area contributed by atoms with Gasteiger partial charge < -0.3 is 9.80 Å². The lowest BCUT2D eigenvalue weighted by Gasteiger charge is -2.22. The third-order valence-electron chi connectivity index (χ3n) is 3.30. The largest absolute Gasteiger partial charge is 0.339 e. The number of halogens is 1. The summed E-state index contributed by atoms with van der Waals surface area (Å²) in [6.07, 6.45) is 2.79. The average Bonchev–Trinajstić information content (AvgIpc) is 2.42. The van der Waals surface area contributed by atoms with Crippen LogP contribution in [0.5, 0.6) is 0 Å². The summed E-state index contributed by atoms with van der Waals surface area (Å²) in [6, 6.07) is 3.53. The SMILES string of the molecule is CCCc1cc(C(=O)N(CC)CCCN(C)C)cc(Cl)n1. The Balaban J connectivity index is 2.79. The lowest BCUT2D eigenvalue weighted by molar-refractivity contribution is 0.0759. The Morgan fingerprint density at radius 2 is 1.95 bits per heavy atom. The normalized spacial score (nSPS) is 11.0. The van der Waals surface area contributed by atoms with Gasteiger partial charge in [0, 0.05) is 24.3 Å². The molecule has 1 aromatic rings. The van der Waals surface area contributed by atoms with Crippen LogP contribution < -0.4 is 0 Å². The van der Waals surface area contributed by atoms with Crippen molar-refractivity contribution in [1.82, 2.24) is 14.8 Å². The summed E-state index contributed by atoms with van der Waals surface area (Å²) >= 11 is 6.04. The molecule has 0 saturated heterocycles. The highest BCUT2D eigenvalue weighted by Crippen LogP contribution is 2.14. The van der Waals surface area contributed by atoms with E-state index in [-0.39, 0.29) is 5.91 Å². The topological polar surface area (TPSA) is 36.4 Å². The monoisotopic (exact) mass is 311 g/mol. The minimum atomic E-state index is 0.0397. The molecule has 0 aliphatic rings. The molecule has 0 radical (unpaired) electrons. The van der Waals surface area contributed by atoms with Gasteiger partial charge in [-0.1, -0.05) is 24.9 Å². The molecule has 0 saturated carbocycles. The van der Waals surface area contributed by atoms with Crippen LogP contribution >= 0.6 is 11.6 Å². The predicted octanol–water partition coefficient (Wildman–Crippen LogP) is 3.10. The molecule has 0 fully saturated rings. The van der Waals surface area contributed by atoms with E-state index >= 15 is 0 Å². The number of amides is 1. The van der Waals surface area contributed by atoms with Crippen LogP contribution in [0.1, 0.15) is 42.7 Å². The molecule has 5 heteroatoms. The van der Waals surface area contributed by atoms with Gasteiger partial charge in [0.15, 0.2) is 0 Å². The Kier molecular flexibility index (Phi) is 7.68. The molecule has 0 spiro atoms.